The Hall–Kier alpha value is -1.69. The molecule has 0 saturated carbocycles. The number of hydrogen-bond acceptors (Lipinski definition) is 3. The molecule has 0 amide bonds. The highest BCUT2D eigenvalue weighted by atomic mass is 19.3. The highest BCUT2D eigenvalue weighted by Crippen LogP contribution is 2.16. The van der Waals surface area contributed by atoms with Gasteiger partial charge in [0, 0.05) is 6.04 Å². The summed E-state index contributed by atoms with van der Waals surface area (Å²) >= 11 is 0. The van der Waals surface area contributed by atoms with Gasteiger partial charge in [0.05, 0.1) is 0 Å². The van der Waals surface area contributed by atoms with E-state index in [1.807, 2.05) is 6.92 Å². The number of carboxylic acids is 1. The summed E-state index contributed by atoms with van der Waals surface area (Å²) in [5.74, 6) is -0.750. The molecule has 1 rings (SSSR count). The Bertz CT molecular complexity index is 423. The third-order valence-corrected chi connectivity index (χ3v) is 2.92. The van der Waals surface area contributed by atoms with Gasteiger partial charge in [-0.25, -0.2) is 0 Å². The zero-order valence-corrected chi connectivity index (χ0v) is 11.5. The first-order valence-corrected chi connectivity index (χ1v) is 6.41. The number of carboxylic acid groups (broad SMARTS) is 1. The minimum atomic E-state index is -2.82. The summed E-state index contributed by atoms with van der Waals surface area (Å²) in [6.45, 7) is 0.686. The summed E-state index contributed by atoms with van der Waals surface area (Å²) in [6, 6.07) is 5.92. The van der Waals surface area contributed by atoms with E-state index in [4.69, 9.17) is 5.11 Å². The molecule has 0 aliphatic carbocycles. The Labute approximate surface area is 116 Å². The number of nitrogens with one attached hydrogen (secondary N) is 1. The quantitative estimate of drug-likeness (QED) is 0.772. The van der Waals surface area contributed by atoms with Gasteiger partial charge in [-0.1, -0.05) is 12.1 Å². The van der Waals surface area contributed by atoms with Crippen LogP contribution in [0.2, 0.25) is 0 Å². The molecule has 112 valence electrons. The fourth-order valence-electron chi connectivity index (χ4n) is 1.80. The van der Waals surface area contributed by atoms with Crippen LogP contribution >= 0.6 is 0 Å². The van der Waals surface area contributed by atoms with Gasteiger partial charge in [-0.3, -0.25) is 4.79 Å². The number of halogens is 2. The molecule has 0 fully saturated rings. The van der Waals surface area contributed by atoms with Crippen LogP contribution in [0.25, 0.3) is 0 Å². The number of alkyl halides is 2. The molecule has 2 N–H and O–H groups in total. The number of carbonyl (C=O) groups is 1. The molecule has 1 aromatic carbocycles. The van der Waals surface area contributed by atoms with Crippen molar-refractivity contribution in [3.63, 3.8) is 0 Å². The second kappa shape index (κ2) is 7.79. The van der Waals surface area contributed by atoms with E-state index in [1.54, 1.807) is 19.1 Å². The summed E-state index contributed by atoms with van der Waals surface area (Å²) in [4.78, 5) is 10.7. The van der Waals surface area contributed by atoms with E-state index < -0.39 is 18.6 Å². The predicted molar refractivity (Wildman–Crippen MR) is 71.1 cm³/mol. The molecule has 0 saturated heterocycles. The van der Waals surface area contributed by atoms with Gasteiger partial charge >= 0.3 is 12.6 Å². The summed E-state index contributed by atoms with van der Waals surface area (Å²) in [7, 11) is 0. The standard InChI is InChI=1S/C14H19F2NO3/c1-9(17-10(2)13(18)19)3-4-11-5-7-12(8-6-11)20-14(15)16/h5-10,14,17H,3-4H2,1-2H3,(H,18,19)/t9?,10-/m1/s1. The van der Waals surface area contributed by atoms with Crippen molar-refractivity contribution in [2.45, 2.75) is 45.4 Å². The van der Waals surface area contributed by atoms with Crippen molar-refractivity contribution in [1.82, 2.24) is 5.32 Å². The Kier molecular flexibility index (Phi) is 6.38. The zero-order chi connectivity index (χ0) is 15.1. The van der Waals surface area contributed by atoms with Crippen LogP contribution in [-0.2, 0) is 11.2 Å². The van der Waals surface area contributed by atoms with Gasteiger partial charge in [-0.05, 0) is 44.4 Å². The lowest BCUT2D eigenvalue weighted by Crippen LogP contribution is -2.40. The lowest BCUT2D eigenvalue weighted by molar-refractivity contribution is -0.139. The van der Waals surface area contributed by atoms with Crippen LogP contribution in [0, 0.1) is 0 Å². The molecule has 1 aromatic rings. The topological polar surface area (TPSA) is 58.6 Å². The fourth-order valence-corrected chi connectivity index (χ4v) is 1.80. The van der Waals surface area contributed by atoms with E-state index in [1.165, 1.54) is 12.1 Å². The Morgan fingerprint density at radius 3 is 2.40 bits per heavy atom. The van der Waals surface area contributed by atoms with Gasteiger partial charge < -0.3 is 15.2 Å². The molecule has 20 heavy (non-hydrogen) atoms. The third-order valence-electron chi connectivity index (χ3n) is 2.92. The highest BCUT2D eigenvalue weighted by Gasteiger charge is 2.13. The van der Waals surface area contributed by atoms with Gasteiger partial charge in [0.25, 0.3) is 0 Å². The molecule has 0 aromatic heterocycles. The number of aryl methyl sites for hydroxylation is 1. The number of benzene rings is 1. The normalized spacial score (nSPS) is 14.1. The van der Waals surface area contributed by atoms with Gasteiger partial charge in [0.1, 0.15) is 11.8 Å². The van der Waals surface area contributed by atoms with Crippen LogP contribution in [0.5, 0.6) is 5.75 Å². The van der Waals surface area contributed by atoms with Crippen LogP contribution in [0.4, 0.5) is 8.78 Å². The maximum Gasteiger partial charge on any atom is 0.387 e. The van der Waals surface area contributed by atoms with Crippen LogP contribution in [0.1, 0.15) is 25.8 Å². The van der Waals surface area contributed by atoms with Crippen LogP contribution < -0.4 is 10.1 Å². The van der Waals surface area contributed by atoms with Crippen molar-refractivity contribution in [2.24, 2.45) is 0 Å². The molecule has 2 atom stereocenters. The lowest BCUT2D eigenvalue weighted by Gasteiger charge is -2.17. The van der Waals surface area contributed by atoms with Crippen molar-refractivity contribution in [3.05, 3.63) is 29.8 Å². The SMILES string of the molecule is CC(CCc1ccc(OC(F)F)cc1)N[C@H](C)C(=O)O. The largest absolute Gasteiger partial charge is 0.480 e. The van der Waals surface area contributed by atoms with E-state index >= 15 is 0 Å². The Morgan fingerprint density at radius 2 is 1.90 bits per heavy atom. The first-order valence-electron chi connectivity index (χ1n) is 6.41. The monoisotopic (exact) mass is 287 g/mol. The van der Waals surface area contributed by atoms with E-state index in [2.05, 4.69) is 10.1 Å². The summed E-state index contributed by atoms with van der Waals surface area (Å²) in [5, 5.41) is 11.7. The average Bonchev–Trinajstić information content (AvgIpc) is 2.37. The number of aliphatic carboxylic acids is 1. The molecule has 4 nitrogen and oxygen atoms in total. The van der Waals surface area contributed by atoms with Crippen LogP contribution in [0.3, 0.4) is 0 Å². The zero-order valence-electron chi connectivity index (χ0n) is 11.5. The first-order chi connectivity index (χ1) is 9.38. The first kappa shape index (κ1) is 16.4. The van der Waals surface area contributed by atoms with Crippen molar-refractivity contribution in [3.8, 4) is 5.75 Å². The smallest absolute Gasteiger partial charge is 0.387 e. The highest BCUT2D eigenvalue weighted by molar-refractivity contribution is 5.72. The average molecular weight is 287 g/mol. The molecule has 0 aliphatic heterocycles. The maximum atomic E-state index is 12.0. The Balaban J connectivity index is 2.39. The van der Waals surface area contributed by atoms with Gasteiger partial charge in [0.2, 0.25) is 0 Å². The van der Waals surface area contributed by atoms with Crippen molar-refractivity contribution >= 4 is 5.97 Å². The summed E-state index contributed by atoms with van der Waals surface area (Å²) in [5.41, 5.74) is 0.989. The second-order valence-corrected chi connectivity index (χ2v) is 4.69. The minimum Gasteiger partial charge on any atom is -0.480 e. The lowest BCUT2D eigenvalue weighted by atomic mass is 10.1. The van der Waals surface area contributed by atoms with Crippen molar-refractivity contribution in [2.75, 3.05) is 0 Å². The maximum absolute atomic E-state index is 12.0. The molecule has 0 bridgehead atoms. The van der Waals surface area contributed by atoms with Crippen LogP contribution in [0.15, 0.2) is 24.3 Å². The number of ether oxygens (including phenoxy) is 1. The number of hydrogen-bond donors (Lipinski definition) is 2. The third kappa shape index (κ3) is 5.97. The molecule has 0 radical (unpaired) electrons. The molecular weight excluding hydrogens is 268 g/mol. The summed E-state index contributed by atoms with van der Waals surface area (Å²) < 4.78 is 28.2. The molecule has 6 heteroatoms. The Morgan fingerprint density at radius 1 is 1.30 bits per heavy atom. The van der Waals surface area contributed by atoms with E-state index in [0.717, 1.165) is 18.4 Å². The van der Waals surface area contributed by atoms with Crippen molar-refractivity contribution in [1.29, 1.82) is 0 Å². The molecule has 1 unspecified atom stereocenters. The van der Waals surface area contributed by atoms with Crippen LogP contribution in [-0.4, -0.2) is 29.8 Å². The fraction of sp³-hybridized carbons (Fsp3) is 0.500. The van der Waals surface area contributed by atoms with E-state index in [-0.39, 0.29) is 11.8 Å². The number of rotatable bonds is 8. The van der Waals surface area contributed by atoms with Gasteiger partial charge in [0.15, 0.2) is 0 Å². The predicted octanol–water partition coefficient (Wildman–Crippen LogP) is 2.67. The molecular formula is C14H19F2NO3. The second-order valence-electron chi connectivity index (χ2n) is 4.69. The molecule has 0 aliphatic rings. The molecule has 0 spiro atoms. The van der Waals surface area contributed by atoms with E-state index in [9.17, 15) is 13.6 Å². The summed E-state index contributed by atoms with van der Waals surface area (Å²) in [6.07, 6.45) is 1.49. The van der Waals surface area contributed by atoms with Gasteiger partial charge in [-0.15, -0.1) is 0 Å². The molecule has 0 heterocycles. The van der Waals surface area contributed by atoms with Crippen molar-refractivity contribution < 1.29 is 23.4 Å². The minimum absolute atomic E-state index is 0.0538. The van der Waals surface area contributed by atoms with Gasteiger partial charge in [-0.2, -0.15) is 8.78 Å². The van der Waals surface area contributed by atoms with E-state index in [0.29, 0.717) is 0 Å².